The van der Waals surface area contributed by atoms with E-state index in [9.17, 15) is 0 Å². The number of fused-ring (bicyclic) bond motifs is 5. The largest absolute Gasteiger partial charge is 0.456 e. The maximum absolute atomic E-state index is 6.29. The van der Waals surface area contributed by atoms with Crippen molar-refractivity contribution in [2.45, 2.75) is 63.6 Å². The molecule has 0 spiro atoms. The van der Waals surface area contributed by atoms with Gasteiger partial charge in [0.05, 0.1) is 17.9 Å². The number of benzene rings is 3. The summed E-state index contributed by atoms with van der Waals surface area (Å²) >= 11 is 0. The molecule has 2 aromatic heterocycles. The molecule has 5 atom stereocenters. The normalized spacial score (nSPS) is 25.7. The van der Waals surface area contributed by atoms with Gasteiger partial charge in [-0.2, -0.15) is 5.10 Å². The fraction of sp³-hybridized carbons (Fsp3) is 0.260. The molecule has 5 aromatic rings. The summed E-state index contributed by atoms with van der Waals surface area (Å²) in [6.07, 6.45) is 34.7. The van der Waals surface area contributed by atoms with Crippen molar-refractivity contribution in [2.24, 2.45) is 27.7 Å². The number of nitrogens with zero attached hydrogens (tertiary/aromatic N) is 4. The highest BCUT2D eigenvalue weighted by Crippen LogP contribution is 2.52. The highest BCUT2D eigenvalue weighted by atomic mass is 16.3. The summed E-state index contributed by atoms with van der Waals surface area (Å²) in [4.78, 5) is 10.6. The Labute approximate surface area is 327 Å². The number of aromatic nitrogens is 2. The molecular weight excluding hydrogens is 687 g/mol. The van der Waals surface area contributed by atoms with Crippen LogP contribution in [0.2, 0.25) is 0 Å². The van der Waals surface area contributed by atoms with Crippen LogP contribution in [-0.4, -0.2) is 27.6 Å². The minimum atomic E-state index is -0.190. The van der Waals surface area contributed by atoms with Crippen molar-refractivity contribution in [3.8, 4) is 0 Å². The zero-order chi connectivity index (χ0) is 37.0. The van der Waals surface area contributed by atoms with E-state index in [1.165, 1.54) is 47.2 Å². The molecule has 6 heteroatoms. The van der Waals surface area contributed by atoms with E-state index in [4.69, 9.17) is 19.5 Å². The van der Waals surface area contributed by atoms with Crippen LogP contribution in [0.5, 0.6) is 0 Å². The number of aliphatic imine (C=N–C) groups is 2. The first-order valence-electron chi connectivity index (χ1n) is 20.6. The third kappa shape index (κ3) is 5.65. The van der Waals surface area contributed by atoms with Crippen LogP contribution in [0.4, 0.5) is 0 Å². The molecule has 11 rings (SSSR count). The summed E-state index contributed by atoms with van der Waals surface area (Å²) in [6, 6.07) is 25.1. The van der Waals surface area contributed by atoms with Gasteiger partial charge in [-0.3, -0.25) is 4.68 Å². The maximum Gasteiger partial charge on any atom is 0.159 e. The Bertz CT molecular complexity index is 2650. The van der Waals surface area contributed by atoms with Crippen molar-refractivity contribution in [2.75, 3.05) is 0 Å². The van der Waals surface area contributed by atoms with Crippen LogP contribution in [0, 0.1) is 17.8 Å². The van der Waals surface area contributed by atoms with E-state index in [-0.39, 0.29) is 24.0 Å². The smallest absolute Gasteiger partial charge is 0.159 e. The van der Waals surface area contributed by atoms with Crippen molar-refractivity contribution in [1.29, 1.82) is 0 Å². The lowest BCUT2D eigenvalue weighted by molar-refractivity contribution is 0.283. The van der Waals surface area contributed by atoms with Crippen molar-refractivity contribution < 1.29 is 4.42 Å². The number of hydrogen-bond donors (Lipinski definition) is 1. The number of furan rings is 1. The molecule has 0 fully saturated rings. The predicted octanol–water partition coefficient (Wildman–Crippen LogP) is 11.5. The van der Waals surface area contributed by atoms with E-state index in [1.807, 2.05) is 24.3 Å². The number of hydrogen-bond acceptors (Lipinski definition) is 5. The van der Waals surface area contributed by atoms with E-state index in [1.54, 1.807) is 5.57 Å². The molecule has 0 saturated carbocycles. The first-order chi connectivity index (χ1) is 27.8. The van der Waals surface area contributed by atoms with Gasteiger partial charge >= 0.3 is 0 Å². The Morgan fingerprint density at radius 2 is 1.66 bits per heavy atom. The molecule has 0 saturated heterocycles. The van der Waals surface area contributed by atoms with Crippen LogP contribution in [0.3, 0.4) is 0 Å². The van der Waals surface area contributed by atoms with E-state index in [0.717, 1.165) is 76.8 Å². The lowest BCUT2D eigenvalue weighted by atomic mass is 9.69. The average Bonchev–Trinajstić information content (AvgIpc) is 3.90. The summed E-state index contributed by atoms with van der Waals surface area (Å²) in [5.41, 5.74) is 12.3. The Hall–Kier alpha value is -6.01. The lowest BCUT2D eigenvalue weighted by Crippen LogP contribution is -2.43. The van der Waals surface area contributed by atoms with Gasteiger partial charge in [0.2, 0.25) is 0 Å². The van der Waals surface area contributed by atoms with Crippen LogP contribution >= 0.6 is 0 Å². The van der Waals surface area contributed by atoms with Crippen LogP contribution in [-0.2, 0) is 0 Å². The average molecular weight is 732 g/mol. The summed E-state index contributed by atoms with van der Waals surface area (Å²) in [5, 5.41) is 11.2. The molecule has 6 aliphatic rings. The summed E-state index contributed by atoms with van der Waals surface area (Å²) in [6.45, 7) is 0. The van der Waals surface area contributed by atoms with E-state index < -0.39 is 0 Å². The Balaban J connectivity index is 0.974. The fourth-order valence-corrected chi connectivity index (χ4v) is 10.1. The fourth-order valence-electron chi connectivity index (χ4n) is 10.1. The first kappa shape index (κ1) is 33.3. The topological polar surface area (TPSA) is 67.7 Å². The van der Waals surface area contributed by atoms with Crippen LogP contribution in [0.1, 0.15) is 79.8 Å². The monoisotopic (exact) mass is 731 g/mol. The first-order valence-corrected chi connectivity index (χ1v) is 20.6. The standard InChI is InChI=1S/C50H45N5O/c1-4-15-32(16-5-1)41-31-51-55-46(34-17-6-2-7-18-34)44(37-21-10-11-22-38(37)47(41)55)33-27-29-36(30-28-33)49-52-48(35-19-8-3-9-20-35)53-50(54-49)40-24-14-26-43-45(40)39-23-12-13-25-42(39)56-43/h2-3,6-9,11-15,17,19-20,22-29,31,34,36,44,46,49H,1,4-5,10,16,18,21,30H2,(H,52,53,54). The van der Waals surface area contributed by atoms with Gasteiger partial charge < -0.3 is 9.73 Å². The van der Waals surface area contributed by atoms with E-state index >= 15 is 0 Å². The van der Waals surface area contributed by atoms with Crippen molar-refractivity contribution in [3.63, 3.8) is 0 Å². The van der Waals surface area contributed by atoms with Gasteiger partial charge in [-0.05, 0) is 74.6 Å². The summed E-state index contributed by atoms with van der Waals surface area (Å²) in [5.74, 6) is 2.34. The van der Waals surface area contributed by atoms with Crippen LogP contribution in [0.15, 0.2) is 165 Å². The van der Waals surface area contributed by atoms with Gasteiger partial charge in [0.25, 0.3) is 0 Å². The van der Waals surface area contributed by atoms with Gasteiger partial charge in [-0.1, -0.05) is 127 Å². The minimum absolute atomic E-state index is 0.146. The molecule has 56 heavy (non-hydrogen) atoms. The van der Waals surface area contributed by atoms with Gasteiger partial charge in [0, 0.05) is 50.8 Å². The minimum Gasteiger partial charge on any atom is -0.456 e. The molecule has 3 aromatic carbocycles. The van der Waals surface area contributed by atoms with Gasteiger partial charge in [-0.15, -0.1) is 0 Å². The molecule has 6 nitrogen and oxygen atoms in total. The molecule has 2 aliphatic heterocycles. The number of rotatable bonds is 6. The second-order valence-corrected chi connectivity index (χ2v) is 16.0. The third-order valence-corrected chi connectivity index (χ3v) is 12.7. The van der Waals surface area contributed by atoms with Crippen molar-refractivity contribution >= 4 is 44.8 Å². The highest BCUT2D eigenvalue weighted by Gasteiger charge is 2.43. The molecule has 4 heterocycles. The number of allylic oxidation sites excluding steroid dienone is 13. The summed E-state index contributed by atoms with van der Waals surface area (Å²) in [7, 11) is 0. The molecular formula is C50H45N5O. The Morgan fingerprint density at radius 1 is 0.750 bits per heavy atom. The second kappa shape index (κ2) is 13.9. The van der Waals surface area contributed by atoms with E-state index in [0.29, 0.717) is 5.92 Å². The van der Waals surface area contributed by atoms with E-state index in [2.05, 4.69) is 125 Å². The molecule has 4 aliphatic carbocycles. The third-order valence-electron chi connectivity index (χ3n) is 12.7. The van der Waals surface area contributed by atoms with Crippen molar-refractivity contribution in [1.82, 2.24) is 15.1 Å². The molecule has 276 valence electrons. The molecule has 0 radical (unpaired) electrons. The molecule has 0 bridgehead atoms. The Morgan fingerprint density at radius 3 is 2.52 bits per heavy atom. The Kier molecular flexibility index (Phi) is 8.29. The SMILES string of the molecule is C1=CCC(C2C(C3=CCC(C4N=C(c5cccc6oc7ccccc7c56)N=C(c5ccccc5)N4)C=C3)C3=C(C=CCC3)c3c(C4=CCCCC4)cnn32)C=C1. The molecule has 0 amide bonds. The van der Waals surface area contributed by atoms with Gasteiger partial charge in [-0.25, -0.2) is 9.98 Å². The highest BCUT2D eigenvalue weighted by molar-refractivity contribution is 6.21. The maximum atomic E-state index is 6.29. The van der Waals surface area contributed by atoms with Gasteiger partial charge in [0.1, 0.15) is 23.2 Å². The quantitative estimate of drug-likeness (QED) is 0.189. The molecule has 1 N–H and O–H groups in total. The van der Waals surface area contributed by atoms with Crippen LogP contribution < -0.4 is 5.32 Å². The van der Waals surface area contributed by atoms with Crippen molar-refractivity contribution in [3.05, 3.63) is 173 Å². The number of para-hydroxylation sites is 1. The van der Waals surface area contributed by atoms with Crippen LogP contribution in [0.25, 0.3) is 33.1 Å². The molecule has 5 unspecified atom stereocenters. The second-order valence-electron chi connectivity index (χ2n) is 16.0. The van der Waals surface area contributed by atoms with Gasteiger partial charge in [0.15, 0.2) is 5.84 Å². The zero-order valence-electron chi connectivity index (χ0n) is 31.5. The number of nitrogens with one attached hydrogen (secondary N) is 1. The zero-order valence-corrected chi connectivity index (χ0v) is 31.5. The predicted molar refractivity (Wildman–Crippen MR) is 228 cm³/mol. The number of amidine groups is 2. The lowest BCUT2D eigenvalue weighted by Gasteiger charge is -2.42. The summed E-state index contributed by atoms with van der Waals surface area (Å²) < 4.78 is 8.72.